The summed E-state index contributed by atoms with van der Waals surface area (Å²) in [4.78, 5) is 6.88. The maximum absolute atomic E-state index is 12.7. The molecule has 6 nitrogen and oxygen atoms in total. The summed E-state index contributed by atoms with van der Waals surface area (Å²) in [5.41, 5.74) is 4.42. The Labute approximate surface area is 176 Å². The zero-order valence-corrected chi connectivity index (χ0v) is 17.7. The summed E-state index contributed by atoms with van der Waals surface area (Å²) in [5, 5.41) is 8.12. The number of benzene rings is 1. The van der Waals surface area contributed by atoms with Gasteiger partial charge in [-0.3, -0.25) is 5.10 Å². The number of aromatic amines is 1. The first-order valence-electron chi connectivity index (χ1n) is 9.64. The Balaban J connectivity index is 1.89. The van der Waals surface area contributed by atoms with Crippen LogP contribution in [0, 0.1) is 19.3 Å². The van der Waals surface area contributed by atoms with E-state index in [4.69, 9.17) is 11.4 Å². The van der Waals surface area contributed by atoms with Gasteiger partial charge in [-0.15, -0.1) is 6.42 Å². The second kappa shape index (κ2) is 7.81. The van der Waals surface area contributed by atoms with Crippen molar-refractivity contribution in [1.29, 1.82) is 0 Å². The first-order valence-corrected chi connectivity index (χ1v) is 11.3. The second-order valence-corrected chi connectivity index (χ2v) is 9.30. The number of terminal acetylenes is 1. The van der Waals surface area contributed by atoms with Gasteiger partial charge in [-0.1, -0.05) is 29.7 Å². The van der Waals surface area contributed by atoms with Gasteiger partial charge < -0.3 is 4.90 Å². The van der Waals surface area contributed by atoms with Gasteiger partial charge in [-0.2, -0.15) is 5.10 Å². The van der Waals surface area contributed by atoms with Gasteiger partial charge in [0.2, 0.25) is 0 Å². The zero-order chi connectivity index (χ0) is 21.3. The average Bonchev–Trinajstić information content (AvgIpc) is 3.21. The van der Waals surface area contributed by atoms with Crippen molar-refractivity contribution in [3.8, 4) is 23.6 Å². The quantitative estimate of drug-likeness (QED) is 0.657. The number of nitrogens with zero attached hydrogens (tertiary/aromatic N) is 3. The van der Waals surface area contributed by atoms with Crippen LogP contribution in [-0.2, 0) is 9.84 Å². The number of rotatable bonds is 3. The highest BCUT2D eigenvalue weighted by Crippen LogP contribution is 2.32. The lowest BCUT2D eigenvalue weighted by molar-refractivity contribution is 0.603. The fourth-order valence-electron chi connectivity index (χ4n) is 3.71. The minimum atomic E-state index is -3.52. The average molecular weight is 419 g/mol. The molecule has 0 saturated heterocycles. The summed E-state index contributed by atoms with van der Waals surface area (Å²) >= 11 is 0. The van der Waals surface area contributed by atoms with Crippen molar-refractivity contribution in [2.24, 2.45) is 0 Å². The minimum Gasteiger partial charge on any atom is -0.351 e. The SMILES string of the molecule is C#CC1=C(/C=C\C)CN(c2cc(-c3ccn[nH]3)c3cc(C)ccc3n2)CCS1(=O)=O. The molecular formula is C23H22N4O2S. The normalized spacial score (nSPS) is 16.8. The van der Waals surface area contributed by atoms with Gasteiger partial charge in [0.15, 0.2) is 9.84 Å². The summed E-state index contributed by atoms with van der Waals surface area (Å²) in [6.07, 6.45) is 10.8. The number of sulfone groups is 1. The van der Waals surface area contributed by atoms with Crippen molar-refractivity contribution in [2.75, 3.05) is 23.7 Å². The van der Waals surface area contributed by atoms with Gasteiger partial charge in [-0.25, -0.2) is 13.4 Å². The molecule has 0 saturated carbocycles. The molecule has 0 unspecified atom stereocenters. The Hall–Kier alpha value is -3.37. The van der Waals surface area contributed by atoms with Crippen LogP contribution in [0.4, 0.5) is 5.82 Å². The number of fused-ring (bicyclic) bond motifs is 1. The van der Waals surface area contributed by atoms with Crippen LogP contribution < -0.4 is 4.90 Å². The van der Waals surface area contributed by atoms with Crippen LogP contribution in [0.3, 0.4) is 0 Å². The van der Waals surface area contributed by atoms with Gasteiger partial charge in [0.25, 0.3) is 0 Å². The summed E-state index contributed by atoms with van der Waals surface area (Å²) in [6.45, 7) is 4.56. The van der Waals surface area contributed by atoms with E-state index in [1.807, 2.05) is 43.0 Å². The van der Waals surface area contributed by atoms with Crippen LogP contribution >= 0.6 is 0 Å². The van der Waals surface area contributed by atoms with E-state index in [1.54, 1.807) is 18.3 Å². The van der Waals surface area contributed by atoms with Crippen molar-refractivity contribution in [1.82, 2.24) is 15.2 Å². The maximum atomic E-state index is 12.7. The second-order valence-electron chi connectivity index (χ2n) is 7.26. The molecule has 0 spiro atoms. The highest BCUT2D eigenvalue weighted by atomic mass is 32.2. The van der Waals surface area contributed by atoms with E-state index in [2.05, 4.69) is 22.2 Å². The molecule has 0 aliphatic carbocycles. The van der Waals surface area contributed by atoms with Crippen LogP contribution in [-0.4, -0.2) is 42.4 Å². The van der Waals surface area contributed by atoms with Gasteiger partial charge >= 0.3 is 0 Å². The van der Waals surface area contributed by atoms with E-state index in [0.717, 1.165) is 27.7 Å². The molecule has 152 valence electrons. The summed E-state index contributed by atoms with van der Waals surface area (Å²) < 4.78 is 25.4. The van der Waals surface area contributed by atoms with Crippen LogP contribution in [0.1, 0.15) is 12.5 Å². The van der Waals surface area contributed by atoms with Crippen molar-refractivity contribution in [3.05, 3.63) is 64.7 Å². The Morgan fingerprint density at radius 1 is 1.27 bits per heavy atom. The summed E-state index contributed by atoms with van der Waals surface area (Å²) in [7, 11) is -3.52. The molecule has 0 amide bonds. The zero-order valence-electron chi connectivity index (χ0n) is 16.9. The predicted molar refractivity (Wildman–Crippen MR) is 121 cm³/mol. The lowest BCUT2D eigenvalue weighted by atomic mass is 10.0. The number of pyridine rings is 1. The van der Waals surface area contributed by atoms with Crippen molar-refractivity contribution >= 4 is 26.6 Å². The first kappa shape index (κ1) is 19.9. The van der Waals surface area contributed by atoms with Crippen molar-refractivity contribution in [3.63, 3.8) is 0 Å². The van der Waals surface area contributed by atoms with Gasteiger partial charge in [0, 0.05) is 30.2 Å². The van der Waals surface area contributed by atoms with Gasteiger partial charge in [0.1, 0.15) is 10.7 Å². The first-order chi connectivity index (χ1) is 14.4. The fourth-order valence-corrected chi connectivity index (χ4v) is 5.09. The summed E-state index contributed by atoms with van der Waals surface area (Å²) in [6, 6.07) is 9.99. The third-order valence-corrected chi connectivity index (χ3v) is 6.88. The van der Waals surface area contributed by atoms with Crippen molar-refractivity contribution in [2.45, 2.75) is 13.8 Å². The smallest absolute Gasteiger partial charge is 0.188 e. The number of nitrogens with one attached hydrogen (secondary N) is 1. The predicted octanol–water partition coefficient (Wildman–Crippen LogP) is 3.63. The molecule has 1 aromatic carbocycles. The molecule has 0 bridgehead atoms. The lowest BCUT2D eigenvalue weighted by Crippen LogP contribution is -2.29. The topological polar surface area (TPSA) is 79.0 Å². The Morgan fingerprint density at radius 2 is 2.10 bits per heavy atom. The maximum Gasteiger partial charge on any atom is 0.188 e. The third-order valence-electron chi connectivity index (χ3n) is 5.16. The number of hydrogen-bond donors (Lipinski definition) is 1. The van der Waals surface area contributed by atoms with E-state index >= 15 is 0 Å². The number of aryl methyl sites for hydroxylation is 1. The number of hydrogen-bond acceptors (Lipinski definition) is 5. The molecule has 1 N–H and O–H groups in total. The van der Waals surface area contributed by atoms with E-state index in [-0.39, 0.29) is 10.7 Å². The Kier molecular flexibility index (Phi) is 5.18. The summed E-state index contributed by atoms with van der Waals surface area (Å²) in [5.74, 6) is 3.04. The Bertz CT molecular complexity index is 1310. The third kappa shape index (κ3) is 3.62. The minimum absolute atomic E-state index is 0.0550. The molecule has 3 aromatic rings. The molecule has 4 rings (SSSR count). The highest BCUT2D eigenvalue weighted by molar-refractivity contribution is 7.95. The van der Waals surface area contributed by atoms with Crippen LogP contribution in [0.5, 0.6) is 0 Å². The molecular weight excluding hydrogens is 396 g/mol. The van der Waals surface area contributed by atoms with Gasteiger partial charge in [-0.05, 0) is 43.7 Å². The highest BCUT2D eigenvalue weighted by Gasteiger charge is 2.27. The standard InChI is InChI=1S/C23H22N4O2S/c1-4-6-17-15-27(11-12-30(28,29)22(17)5-2)23-14-19(21-9-10-24-26-21)18-13-16(3)7-8-20(18)25-23/h2,4,6-10,13-14H,11-12,15H2,1,3H3,(H,24,26)/b6-4-. The molecule has 1 aliphatic rings. The van der Waals surface area contributed by atoms with Crippen LogP contribution in [0.2, 0.25) is 0 Å². The fraction of sp³-hybridized carbons (Fsp3) is 0.217. The molecule has 2 aromatic heterocycles. The van der Waals surface area contributed by atoms with Gasteiger partial charge in [0.05, 0.1) is 17.0 Å². The number of anilines is 1. The number of aromatic nitrogens is 3. The molecule has 1 aliphatic heterocycles. The monoisotopic (exact) mass is 418 g/mol. The molecule has 0 atom stereocenters. The van der Waals surface area contributed by atoms with Crippen LogP contribution in [0.25, 0.3) is 22.2 Å². The molecule has 3 heterocycles. The van der Waals surface area contributed by atoms with E-state index in [0.29, 0.717) is 24.5 Å². The molecule has 0 fully saturated rings. The molecule has 7 heteroatoms. The number of H-pyrrole nitrogens is 1. The van der Waals surface area contributed by atoms with E-state index < -0.39 is 9.84 Å². The van der Waals surface area contributed by atoms with Crippen molar-refractivity contribution < 1.29 is 8.42 Å². The number of allylic oxidation sites excluding steroid dienone is 2. The lowest BCUT2D eigenvalue weighted by Gasteiger charge is -2.23. The van der Waals surface area contributed by atoms with Crippen LogP contribution in [0.15, 0.2) is 59.2 Å². The molecule has 30 heavy (non-hydrogen) atoms. The van der Waals surface area contributed by atoms with E-state index in [9.17, 15) is 8.42 Å². The Morgan fingerprint density at radius 3 is 2.80 bits per heavy atom. The molecule has 0 radical (unpaired) electrons. The van der Waals surface area contributed by atoms with E-state index in [1.165, 1.54) is 0 Å². The largest absolute Gasteiger partial charge is 0.351 e.